The summed E-state index contributed by atoms with van der Waals surface area (Å²) >= 11 is 3.57. The number of hydrogen-bond donors (Lipinski definition) is 2. The van der Waals surface area contributed by atoms with Crippen molar-refractivity contribution in [2.75, 3.05) is 37.8 Å². The standard InChI is InChI=1S/C17H24BrN5/c1-12-6-7-15(14(18)10-12)21-17-20-13(2)11-16(22-17)19-8-5-9-23(3)4/h6-7,10-11H,5,8-9H2,1-4H3,(H2,19,20,21,22). The van der Waals surface area contributed by atoms with Crippen molar-refractivity contribution in [3.8, 4) is 0 Å². The summed E-state index contributed by atoms with van der Waals surface area (Å²) in [6.45, 7) is 5.98. The zero-order valence-electron chi connectivity index (χ0n) is 14.2. The Labute approximate surface area is 146 Å². The quantitative estimate of drug-likeness (QED) is 0.715. The molecule has 0 aliphatic heterocycles. The molecule has 23 heavy (non-hydrogen) atoms. The highest BCUT2D eigenvalue weighted by molar-refractivity contribution is 9.10. The van der Waals surface area contributed by atoms with Crippen molar-refractivity contribution in [1.29, 1.82) is 0 Å². The Morgan fingerprint density at radius 1 is 1.13 bits per heavy atom. The number of nitrogens with one attached hydrogen (secondary N) is 2. The van der Waals surface area contributed by atoms with Crippen molar-refractivity contribution in [2.24, 2.45) is 0 Å². The van der Waals surface area contributed by atoms with E-state index >= 15 is 0 Å². The molecule has 2 aromatic rings. The summed E-state index contributed by atoms with van der Waals surface area (Å²) in [7, 11) is 4.16. The number of rotatable bonds is 7. The zero-order valence-corrected chi connectivity index (χ0v) is 15.7. The molecule has 0 radical (unpaired) electrons. The Morgan fingerprint density at radius 3 is 2.61 bits per heavy atom. The van der Waals surface area contributed by atoms with Crippen LogP contribution in [0.25, 0.3) is 0 Å². The molecule has 0 unspecified atom stereocenters. The Morgan fingerprint density at radius 2 is 1.91 bits per heavy atom. The Kier molecular flexibility index (Phi) is 6.36. The third-order valence-corrected chi connectivity index (χ3v) is 3.97. The fraction of sp³-hybridized carbons (Fsp3) is 0.412. The molecule has 0 aliphatic carbocycles. The molecule has 0 bridgehead atoms. The third kappa shape index (κ3) is 5.80. The van der Waals surface area contributed by atoms with E-state index in [1.54, 1.807) is 0 Å². The second kappa shape index (κ2) is 8.26. The van der Waals surface area contributed by atoms with Crippen LogP contribution in [-0.2, 0) is 0 Å². The monoisotopic (exact) mass is 377 g/mol. The van der Waals surface area contributed by atoms with E-state index < -0.39 is 0 Å². The molecule has 0 spiro atoms. The predicted octanol–water partition coefficient (Wildman–Crippen LogP) is 3.96. The molecule has 0 aliphatic rings. The first-order chi connectivity index (χ1) is 10.9. The average molecular weight is 378 g/mol. The molecule has 0 saturated heterocycles. The van der Waals surface area contributed by atoms with E-state index in [4.69, 9.17) is 0 Å². The molecule has 5 nitrogen and oxygen atoms in total. The summed E-state index contributed by atoms with van der Waals surface area (Å²) < 4.78 is 1.00. The van der Waals surface area contributed by atoms with E-state index in [1.165, 1.54) is 5.56 Å². The van der Waals surface area contributed by atoms with Gasteiger partial charge in [0.25, 0.3) is 0 Å². The molecule has 6 heteroatoms. The number of halogens is 1. The first kappa shape index (κ1) is 17.7. The Balaban J connectivity index is 2.04. The van der Waals surface area contributed by atoms with Gasteiger partial charge in [-0.1, -0.05) is 6.07 Å². The third-order valence-electron chi connectivity index (χ3n) is 3.31. The maximum absolute atomic E-state index is 4.54. The smallest absolute Gasteiger partial charge is 0.229 e. The number of aromatic nitrogens is 2. The summed E-state index contributed by atoms with van der Waals surface area (Å²) in [5.74, 6) is 1.45. The van der Waals surface area contributed by atoms with Crippen molar-refractivity contribution in [3.63, 3.8) is 0 Å². The van der Waals surface area contributed by atoms with E-state index in [-0.39, 0.29) is 0 Å². The SMILES string of the molecule is Cc1ccc(Nc2nc(C)cc(NCCCN(C)C)n2)c(Br)c1. The van der Waals surface area contributed by atoms with Gasteiger partial charge in [0.05, 0.1) is 5.69 Å². The van der Waals surface area contributed by atoms with Gasteiger partial charge in [-0.05, 0) is 74.5 Å². The van der Waals surface area contributed by atoms with Crippen LogP contribution in [0.15, 0.2) is 28.7 Å². The van der Waals surface area contributed by atoms with Crippen LogP contribution in [0, 0.1) is 13.8 Å². The van der Waals surface area contributed by atoms with E-state index in [9.17, 15) is 0 Å². The molecule has 0 fully saturated rings. The fourth-order valence-electron chi connectivity index (χ4n) is 2.17. The number of hydrogen-bond acceptors (Lipinski definition) is 5. The van der Waals surface area contributed by atoms with Crippen molar-refractivity contribution in [2.45, 2.75) is 20.3 Å². The first-order valence-electron chi connectivity index (χ1n) is 7.71. The van der Waals surface area contributed by atoms with Crippen molar-refractivity contribution in [3.05, 3.63) is 40.0 Å². The Bertz CT molecular complexity index is 657. The number of anilines is 3. The lowest BCUT2D eigenvalue weighted by atomic mass is 10.2. The highest BCUT2D eigenvalue weighted by Crippen LogP contribution is 2.26. The predicted molar refractivity (Wildman–Crippen MR) is 101 cm³/mol. The lowest BCUT2D eigenvalue weighted by molar-refractivity contribution is 0.405. The molecule has 0 saturated carbocycles. The van der Waals surface area contributed by atoms with Crippen LogP contribution in [0.3, 0.4) is 0 Å². The van der Waals surface area contributed by atoms with E-state index in [1.807, 2.05) is 19.1 Å². The van der Waals surface area contributed by atoms with Gasteiger partial charge in [0.2, 0.25) is 5.95 Å². The fourth-order valence-corrected chi connectivity index (χ4v) is 2.76. The van der Waals surface area contributed by atoms with Gasteiger partial charge in [-0.3, -0.25) is 0 Å². The second-order valence-corrected chi connectivity index (χ2v) is 6.76. The van der Waals surface area contributed by atoms with Crippen LogP contribution < -0.4 is 10.6 Å². The van der Waals surface area contributed by atoms with Gasteiger partial charge >= 0.3 is 0 Å². The topological polar surface area (TPSA) is 53.1 Å². The van der Waals surface area contributed by atoms with E-state index in [0.29, 0.717) is 5.95 Å². The lowest BCUT2D eigenvalue weighted by Crippen LogP contribution is -2.17. The molecule has 2 N–H and O–H groups in total. The highest BCUT2D eigenvalue weighted by atomic mass is 79.9. The molecule has 1 heterocycles. The van der Waals surface area contributed by atoms with Gasteiger partial charge in [-0.2, -0.15) is 4.98 Å². The van der Waals surface area contributed by atoms with Crippen LogP contribution in [-0.4, -0.2) is 42.1 Å². The number of benzene rings is 1. The first-order valence-corrected chi connectivity index (χ1v) is 8.51. The molecule has 1 aromatic heterocycles. The minimum Gasteiger partial charge on any atom is -0.370 e. The normalized spacial score (nSPS) is 10.9. The number of aryl methyl sites for hydroxylation is 2. The molecule has 1 aromatic carbocycles. The van der Waals surface area contributed by atoms with Gasteiger partial charge in [-0.25, -0.2) is 4.98 Å². The number of nitrogens with zero attached hydrogens (tertiary/aromatic N) is 3. The summed E-state index contributed by atoms with van der Waals surface area (Å²) in [6, 6.07) is 8.11. The molecule has 124 valence electrons. The van der Waals surface area contributed by atoms with E-state index in [0.717, 1.165) is 41.2 Å². The van der Waals surface area contributed by atoms with Gasteiger partial charge in [0.15, 0.2) is 0 Å². The average Bonchev–Trinajstić information content (AvgIpc) is 2.46. The molecule has 2 rings (SSSR count). The van der Waals surface area contributed by atoms with Crippen LogP contribution >= 0.6 is 15.9 Å². The molecule has 0 amide bonds. The minimum absolute atomic E-state index is 0.602. The summed E-state index contributed by atoms with van der Waals surface area (Å²) in [6.07, 6.45) is 1.07. The van der Waals surface area contributed by atoms with Crippen molar-refractivity contribution in [1.82, 2.24) is 14.9 Å². The van der Waals surface area contributed by atoms with Gasteiger partial charge in [-0.15, -0.1) is 0 Å². The van der Waals surface area contributed by atoms with E-state index in [2.05, 4.69) is 74.6 Å². The maximum atomic E-state index is 4.54. The summed E-state index contributed by atoms with van der Waals surface area (Å²) in [5.41, 5.74) is 3.09. The maximum Gasteiger partial charge on any atom is 0.229 e. The van der Waals surface area contributed by atoms with Crippen molar-refractivity contribution >= 4 is 33.4 Å². The van der Waals surface area contributed by atoms with Crippen LogP contribution in [0.4, 0.5) is 17.5 Å². The zero-order chi connectivity index (χ0) is 16.8. The van der Waals surface area contributed by atoms with Crippen LogP contribution in [0.2, 0.25) is 0 Å². The molecular formula is C17H24BrN5. The Hall–Kier alpha value is -1.66. The minimum atomic E-state index is 0.602. The van der Waals surface area contributed by atoms with Gasteiger partial charge in [0.1, 0.15) is 5.82 Å². The summed E-state index contributed by atoms with van der Waals surface area (Å²) in [5, 5.41) is 6.63. The van der Waals surface area contributed by atoms with Crippen LogP contribution in [0.5, 0.6) is 0 Å². The summed E-state index contributed by atoms with van der Waals surface area (Å²) in [4.78, 5) is 11.2. The van der Waals surface area contributed by atoms with Crippen molar-refractivity contribution < 1.29 is 0 Å². The van der Waals surface area contributed by atoms with Gasteiger partial charge < -0.3 is 15.5 Å². The second-order valence-electron chi connectivity index (χ2n) is 5.91. The van der Waals surface area contributed by atoms with Crippen LogP contribution in [0.1, 0.15) is 17.7 Å². The highest BCUT2D eigenvalue weighted by Gasteiger charge is 2.05. The largest absolute Gasteiger partial charge is 0.370 e. The van der Waals surface area contributed by atoms with Gasteiger partial charge in [0, 0.05) is 22.8 Å². The molecular weight excluding hydrogens is 354 g/mol. The molecule has 0 atom stereocenters. The lowest BCUT2D eigenvalue weighted by Gasteiger charge is -2.12.